The maximum Gasteiger partial charge on any atom is 0.159 e. The number of ketones is 7. The van der Waals surface area contributed by atoms with E-state index in [4.69, 9.17) is 0 Å². The third-order valence-electron chi connectivity index (χ3n) is 9.41. The molecule has 0 aromatic heterocycles. The van der Waals surface area contributed by atoms with E-state index < -0.39 is 0 Å². The molecule has 0 spiro atoms. The number of Topliss-reactive ketones (excluding diaryl/α,β-unsaturated/α-hetero) is 7. The molecule has 3 aromatic carbocycles. The standard InChI is InChI=1S/2C14H16O2.C9H10O.C5H6O2.6C2H6/c2*1-9-3-5-11(6-4-9)10(2)13-7-12(15)8-14(13)16;1-7-3-5-9(6-4-7)8(2)10;6-4-1-2-5(7)3-4;6*1-2/h2*3-6,10,13H,7-8H2,1-2H3;3-6H,1-2H3;1-3H2;6*1-2H3. The topological polar surface area (TPSA) is 119 Å². The highest BCUT2D eigenvalue weighted by atomic mass is 16.2. The highest BCUT2D eigenvalue weighted by Gasteiger charge is 2.36. The Morgan fingerprint density at radius 1 is 0.426 bits per heavy atom. The average molecular weight is 845 g/mol. The largest absolute Gasteiger partial charge is 0.299 e. The van der Waals surface area contributed by atoms with Crippen molar-refractivity contribution in [3.05, 3.63) is 106 Å². The molecule has 3 saturated carbocycles. The lowest BCUT2D eigenvalue weighted by molar-refractivity contribution is -0.124. The van der Waals surface area contributed by atoms with Crippen LogP contribution in [-0.2, 0) is 28.8 Å². The molecule has 3 fully saturated rings. The summed E-state index contributed by atoms with van der Waals surface area (Å²) in [7, 11) is 0. The lowest BCUT2D eigenvalue weighted by Gasteiger charge is -2.17. The van der Waals surface area contributed by atoms with Gasteiger partial charge in [0.25, 0.3) is 0 Å². The van der Waals surface area contributed by atoms with Crippen molar-refractivity contribution in [2.75, 3.05) is 0 Å². The van der Waals surface area contributed by atoms with Crippen molar-refractivity contribution in [1.29, 1.82) is 0 Å². The second kappa shape index (κ2) is 38.3. The summed E-state index contributed by atoms with van der Waals surface area (Å²) in [6, 6.07) is 24.0. The van der Waals surface area contributed by atoms with Crippen LogP contribution in [0.5, 0.6) is 0 Å². The number of hydrogen-bond donors (Lipinski definition) is 0. The van der Waals surface area contributed by atoms with Crippen molar-refractivity contribution in [1.82, 2.24) is 0 Å². The van der Waals surface area contributed by atoms with Crippen LogP contribution in [0.3, 0.4) is 0 Å². The minimum atomic E-state index is -0.102. The molecule has 0 amide bonds. The van der Waals surface area contributed by atoms with Gasteiger partial charge in [0.05, 0.1) is 19.3 Å². The summed E-state index contributed by atoms with van der Waals surface area (Å²) in [5, 5.41) is 0. The number of carbonyl (C=O) groups excluding carboxylic acids is 7. The van der Waals surface area contributed by atoms with Gasteiger partial charge in [0.15, 0.2) is 5.78 Å². The zero-order valence-electron chi connectivity index (χ0n) is 41.5. The van der Waals surface area contributed by atoms with Crippen LogP contribution in [-0.4, -0.2) is 40.5 Å². The molecule has 6 rings (SSSR count). The fourth-order valence-electron chi connectivity index (χ4n) is 6.09. The fourth-order valence-corrected chi connectivity index (χ4v) is 6.09. The van der Waals surface area contributed by atoms with Crippen molar-refractivity contribution in [3.63, 3.8) is 0 Å². The second-order valence-electron chi connectivity index (χ2n) is 13.6. The van der Waals surface area contributed by atoms with Gasteiger partial charge in [-0.25, -0.2) is 0 Å². The van der Waals surface area contributed by atoms with Crippen LogP contribution in [0.1, 0.15) is 199 Å². The van der Waals surface area contributed by atoms with Gasteiger partial charge in [0, 0.05) is 43.1 Å². The minimum absolute atomic E-state index is 0.0916. The molecule has 0 N–H and O–H groups in total. The van der Waals surface area contributed by atoms with Gasteiger partial charge in [-0.05, 0) is 50.7 Å². The van der Waals surface area contributed by atoms with E-state index in [0.717, 1.165) is 16.7 Å². The first-order valence-corrected chi connectivity index (χ1v) is 23.0. The Labute approximate surface area is 372 Å². The number of carbonyl (C=O) groups is 7. The van der Waals surface area contributed by atoms with Crippen LogP contribution < -0.4 is 0 Å². The Hall–Kier alpha value is -4.65. The molecule has 0 aliphatic heterocycles. The van der Waals surface area contributed by atoms with Crippen molar-refractivity contribution >= 4 is 40.5 Å². The minimum Gasteiger partial charge on any atom is -0.299 e. The lowest BCUT2D eigenvalue weighted by Crippen LogP contribution is -2.14. The zero-order valence-corrected chi connectivity index (χ0v) is 41.5. The number of benzene rings is 3. The first kappa shape index (κ1) is 63.0. The van der Waals surface area contributed by atoms with Crippen molar-refractivity contribution in [3.8, 4) is 0 Å². The predicted octanol–water partition coefficient (Wildman–Crippen LogP) is 14.0. The van der Waals surface area contributed by atoms with E-state index in [1.807, 2.05) is 166 Å². The molecule has 3 aromatic rings. The van der Waals surface area contributed by atoms with Crippen molar-refractivity contribution < 1.29 is 33.6 Å². The zero-order chi connectivity index (χ0) is 48.2. The summed E-state index contributed by atoms with van der Waals surface area (Å²) in [5.41, 5.74) is 6.70. The van der Waals surface area contributed by atoms with Gasteiger partial charge < -0.3 is 0 Å². The van der Waals surface area contributed by atoms with Gasteiger partial charge in [-0.3, -0.25) is 33.6 Å². The van der Waals surface area contributed by atoms with Gasteiger partial charge in [-0.15, -0.1) is 0 Å². The van der Waals surface area contributed by atoms with Gasteiger partial charge in [0.2, 0.25) is 0 Å². The molecule has 3 aliphatic rings. The SMILES string of the molecule is CC.CC.CC.CC.CC.CC.CC(=O)c1ccc(C)cc1.Cc1ccc(C(C)C2CC(=O)CC2=O)cc1.Cc1ccc(C(C)C2CC(=O)CC2=O)cc1.O=C1CCC(=O)C1. The predicted molar refractivity (Wildman–Crippen MR) is 258 cm³/mol. The van der Waals surface area contributed by atoms with Gasteiger partial charge >= 0.3 is 0 Å². The van der Waals surface area contributed by atoms with Crippen LogP contribution in [0, 0.1) is 32.6 Å². The Bertz CT molecular complexity index is 1570. The molecule has 0 saturated heterocycles. The number of rotatable bonds is 5. The van der Waals surface area contributed by atoms with E-state index in [1.165, 1.54) is 16.7 Å². The van der Waals surface area contributed by atoms with Crippen LogP contribution in [0.4, 0.5) is 0 Å². The second-order valence-corrected chi connectivity index (χ2v) is 13.6. The van der Waals surface area contributed by atoms with Gasteiger partial charge in [-0.1, -0.05) is 186 Å². The smallest absolute Gasteiger partial charge is 0.159 e. The Morgan fingerprint density at radius 3 is 0.885 bits per heavy atom. The molecule has 7 nitrogen and oxygen atoms in total. The van der Waals surface area contributed by atoms with Gasteiger partial charge in [-0.2, -0.15) is 0 Å². The normalized spacial score (nSPS) is 16.4. The molecular formula is C54H84O7. The molecule has 342 valence electrons. The molecule has 0 radical (unpaired) electrons. The van der Waals surface area contributed by atoms with Crippen molar-refractivity contribution in [2.45, 2.75) is 181 Å². The van der Waals surface area contributed by atoms with Crippen molar-refractivity contribution in [2.24, 2.45) is 11.8 Å². The van der Waals surface area contributed by atoms with Gasteiger partial charge in [0.1, 0.15) is 34.7 Å². The quantitative estimate of drug-likeness (QED) is 0.185. The van der Waals surface area contributed by atoms with Crippen LogP contribution >= 0.6 is 0 Å². The summed E-state index contributed by atoms with van der Waals surface area (Å²) in [6.07, 6.45) is 2.29. The molecule has 3 aliphatic carbocycles. The summed E-state index contributed by atoms with van der Waals surface area (Å²) < 4.78 is 0. The van der Waals surface area contributed by atoms with E-state index in [0.29, 0.717) is 25.7 Å². The molecule has 7 heteroatoms. The fraction of sp³-hybridized carbons (Fsp3) is 0.537. The first-order chi connectivity index (χ1) is 29.1. The third-order valence-corrected chi connectivity index (χ3v) is 9.41. The van der Waals surface area contributed by atoms with Crippen LogP contribution in [0.25, 0.3) is 0 Å². The highest BCUT2D eigenvalue weighted by Crippen LogP contribution is 2.34. The summed E-state index contributed by atoms with van der Waals surface area (Å²) in [4.78, 5) is 77.0. The summed E-state index contributed by atoms with van der Waals surface area (Å²) in [5.74, 6) is 0.832. The Balaban J connectivity index is -0.000000337. The monoisotopic (exact) mass is 845 g/mol. The molecule has 0 heterocycles. The van der Waals surface area contributed by atoms with E-state index in [9.17, 15) is 33.6 Å². The Kier molecular flexibility index (Phi) is 39.5. The van der Waals surface area contributed by atoms with Crippen LogP contribution in [0.2, 0.25) is 0 Å². The van der Waals surface area contributed by atoms with Crippen LogP contribution in [0.15, 0.2) is 72.8 Å². The average Bonchev–Trinajstić information content (AvgIpc) is 3.97. The molecular weight excluding hydrogens is 761 g/mol. The van der Waals surface area contributed by atoms with E-state index in [2.05, 4.69) is 24.3 Å². The summed E-state index contributed by atoms with van der Waals surface area (Å²) in [6.45, 7) is 35.7. The molecule has 0 bridgehead atoms. The third kappa shape index (κ3) is 25.7. The van der Waals surface area contributed by atoms with E-state index in [1.54, 1.807) is 6.92 Å². The maximum atomic E-state index is 11.6. The molecule has 4 unspecified atom stereocenters. The first-order valence-electron chi connectivity index (χ1n) is 23.0. The summed E-state index contributed by atoms with van der Waals surface area (Å²) >= 11 is 0. The number of hydrogen-bond acceptors (Lipinski definition) is 7. The highest BCUT2D eigenvalue weighted by molar-refractivity contribution is 6.08. The molecule has 61 heavy (non-hydrogen) atoms. The maximum absolute atomic E-state index is 11.6. The lowest BCUT2D eigenvalue weighted by atomic mass is 9.85. The Morgan fingerprint density at radius 2 is 0.689 bits per heavy atom. The molecule has 4 atom stereocenters. The van der Waals surface area contributed by atoms with E-state index >= 15 is 0 Å². The number of aryl methyl sites for hydroxylation is 3. The van der Waals surface area contributed by atoms with E-state index in [-0.39, 0.29) is 83.4 Å².